The molecule has 1 aromatic heterocycles. The van der Waals surface area contributed by atoms with Crippen LogP contribution in [-0.2, 0) is 27.5 Å². The highest BCUT2D eigenvalue weighted by atomic mass is 32.1. The first-order valence-corrected chi connectivity index (χ1v) is 11.4. The van der Waals surface area contributed by atoms with Crippen molar-refractivity contribution < 1.29 is 29.3 Å². The molecule has 4 rings (SSSR count). The van der Waals surface area contributed by atoms with Gasteiger partial charge in [0, 0.05) is 11.4 Å². The Labute approximate surface area is 194 Å². The van der Waals surface area contributed by atoms with Gasteiger partial charge in [0.25, 0.3) is 0 Å². The quantitative estimate of drug-likeness (QED) is 0.483. The number of nitrogens with zero attached hydrogens (tertiary/aromatic N) is 1. The Morgan fingerprint density at radius 3 is 2.06 bits per heavy atom. The van der Waals surface area contributed by atoms with Gasteiger partial charge in [-0.25, -0.2) is 0 Å². The van der Waals surface area contributed by atoms with Gasteiger partial charge in [-0.15, -0.1) is 11.3 Å². The molecule has 8 heteroatoms. The molecule has 0 spiro atoms. The highest BCUT2D eigenvalue weighted by Crippen LogP contribution is 2.42. The van der Waals surface area contributed by atoms with Gasteiger partial charge in [0.15, 0.2) is 0 Å². The van der Waals surface area contributed by atoms with Gasteiger partial charge in [0.2, 0.25) is 5.91 Å². The fraction of sp³-hybridized carbons (Fsp3) is 0.240. The molecule has 1 aliphatic rings. The fourth-order valence-corrected chi connectivity index (χ4v) is 4.74. The standard InChI is InChI=1S/C25H23NO6S/c27-23(22-20(24(28)29)13-21(22)25(30)31)26(15-19-7-4-12-33-19)14-16-8-10-18(11-9-16)32-17-5-2-1-3-6-17/h1-12,20-22H,13-15H2,(H,28,29)(H,30,31). The van der Waals surface area contributed by atoms with E-state index in [-0.39, 0.29) is 19.5 Å². The second-order valence-electron chi connectivity index (χ2n) is 7.98. The van der Waals surface area contributed by atoms with Gasteiger partial charge in [-0.05, 0) is 47.7 Å². The number of rotatable bonds is 9. The minimum absolute atomic E-state index is 0.0283. The van der Waals surface area contributed by atoms with Gasteiger partial charge in [-0.3, -0.25) is 14.4 Å². The van der Waals surface area contributed by atoms with E-state index in [1.54, 1.807) is 17.0 Å². The number of benzene rings is 2. The van der Waals surface area contributed by atoms with Gasteiger partial charge in [-0.1, -0.05) is 36.4 Å². The van der Waals surface area contributed by atoms with Crippen LogP contribution < -0.4 is 4.74 Å². The molecule has 2 atom stereocenters. The average molecular weight is 466 g/mol. The number of aliphatic carboxylic acids is 2. The molecular formula is C25H23NO6S. The number of carboxylic acids is 2. The van der Waals surface area contributed by atoms with Crippen LogP contribution in [0.5, 0.6) is 11.5 Å². The summed E-state index contributed by atoms with van der Waals surface area (Å²) in [6.45, 7) is 0.519. The normalized spacial score (nSPS) is 19.3. The predicted octanol–water partition coefficient (Wildman–Crippen LogP) is 4.49. The molecule has 3 aromatic rings. The van der Waals surface area contributed by atoms with Crippen LogP contribution in [0.1, 0.15) is 16.9 Å². The zero-order valence-electron chi connectivity index (χ0n) is 17.7. The molecule has 0 radical (unpaired) electrons. The smallest absolute Gasteiger partial charge is 0.307 e. The van der Waals surface area contributed by atoms with Crippen LogP contribution in [0.4, 0.5) is 0 Å². The summed E-state index contributed by atoms with van der Waals surface area (Å²) >= 11 is 1.49. The van der Waals surface area contributed by atoms with E-state index in [1.807, 2.05) is 60.0 Å². The number of hydrogen-bond donors (Lipinski definition) is 2. The Morgan fingerprint density at radius 2 is 1.48 bits per heavy atom. The number of ether oxygens (including phenoxy) is 1. The first-order chi connectivity index (χ1) is 15.9. The zero-order chi connectivity index (χ0) is 23.4. The molecule has 7 nitrogen and oxygen atoms in total. The third-order valence-corrected chi connectivity index (χ3v) is 6.67. The van der Waals surface area contributed by atoms with Crippen molar-refractivity contribution in [3.63, 3.8) is 0 Å². The SMILES string of the molecule is O=C(O)C1CC(C(=O)O)C1C(=O)N(Cc1ccc(Oc2ccccc2)cc1)Cc1cccs1. The monoisotopic (exact) mass is 465 g/mol. The predicted molar refractivity (Wildman–Crippen MR) is 122 cm³/mol. The fourth-order valence-electron chi connectivity index (χ4n) is 4.03. The maximum absolute atomic E-state index is 13.4. The third-order valence-electron chi connectivity index (χ3n) is 5.81. The minimum Gasteiger partial charge on any atom is -0.481 e. The van der Waals surface area contributed by atoms with Crippen LogP contribution in [0.2, 0.25) is 0 Å². The van der Waals surface area contributed by atoms with Gasteiger partial charge in [-0.2, -0.15) is 0 Å². The molecule has 1 amide bonds. The third kappa shape index (κ3) is 5.23. The van der Waals surface area contributed by atoms with Crippen molar-refractivity contribution in [2.75, 3.05) is 0 Å². The maximum Gasteiger partial charge on any atom is 0.307 e. The topological polar surface area (TPSA) is 104 Å². The Balaban J connectivity index is 1.52. The summed E-state index contributed by atoms with van der Waals surface area (Å²) in [5, 5.41) is 20.8. The van der Waals surface area contributed by atoms with Gasteiger partial charge < -0.3 is 19.8 Å². The van der Waals surface area contributed by atoms with Crippen LogP contribution >= 0.6 is 11.3 Å². The van der Waals surface area contributed by atoms with Crippen LogP contribution in [-0.4, -0.2) is 33.0 Å². The van der Waals surface area contributed by atoms with Gasteiger partial charge in [0.05, 0.1) is 24.3 Å². The lowest BCUT2D eigenvalue weighted by atomic mass is 9.64. The lowest BCUT2D eigenvalue weighted by Crippen LogP contribution is -2.53. The Morgan fingerprint density at radius 1 is 0.848 bits per heavy atom. The Bertz CT molecular complexity index is 1090. The van der Waals surface area contributed by atoms with Crippen molar-refractivity contribution in [2.45, 2.75) is 19.5 Å². The Kier molecular flexibility index (Phi) is 6.74. The molecule has 0 bridgehead atoms. The molecule has 0 saturated heterocycles. The van der Waals surface area contributed by atoms with Crippen molar-refractivity contribution in [3.05, 3.63) is 82.6 Å². The van der Waals surface area contributed by atoms with E-state index in [0.717, 1.165) is 10.4 Å². The zero-order valence-corrected chi connectivity index (χ0v) is 18.5. The lowest BCUT2D eigenvalue weighted by Gasteiger charge is -2.41. The van der Waals surface area contributed by atoms with Crippen molar-refractivity contribution in [3.8, 4) is 11.5 Å². The van der Waals surface area contributed by atoms with E-state index < -0.39 is 35.6 Å². The molecule has 170 valence electrons. The van der Waals surface area contributed by atoms with E-state index >= 15 is 0 Å². The molecule has 1 heterocycles. The first-order valence-electron chi connectivity index (χ1n) is 10.5. The lowest BCUT2D eigenvalue weighted by molar-refractivity contribution is -0.171. The highest BCUT2D eigenvalue weighted by molar-refractivity contribution is 7.09. The largest absolute Gasteiger partial charge is 0.481 e. The number of carbonyl (C=O) groups excluding carboxylic acids is 1. The van der Waals surface area contributed by atoms with Gasteiger partial charge in [0.1, 0.15) is 11.5 Å². The molecule has 2 unspecified atom stereocenters. The summed E-state index contributed by atoms with van der Waals surface area (Å²) in [6.07, 6.45) is -0.0283. The molecule has 2 aromatic carbocycles. The number of thiophene rings is 1. The van der Waals surface area contributed by atoms with Crippen molar-refractivity contribution in [1.82, 2.24) is 4.90 Å². The summed E-state index contributed by atoms with van der Waals surface area (Å²) in [4.78, 5) is 39.0. The number of amides is 1. The number of hydrogen-bond acceptors (Lipinski definition) is 5. The maximum atomic E-state index is 13.4. The summed E-state index contributed by atoms with van der Waals surface area (Å²) in [6, 6.07) is 20.4. The van der Waals surface area contributed by atoms with Crippen molar-refractivity contribution in [2.24, 2.45) is 17.8 Å². The minimum atomic E-state index is -1.13. The van der Waals surface area contributed by atoms with E-state index in [4.69, 9.17) is 4.74 Å². The van der Waals surface area contributed by atoms with Crippen LogP contribution in [0.15, 0.2) is 72.1 Å². The summed E-state index contributed by atoms with van der Waals surface area (Å²) in [5.41, 5.74) is 0.832. The molecule has 1 aliphatic carbocycles. The molecule has 2 N–H and O–H groups in total. The number of carbonyl (C=O) groups is 3. The number of para-hydroxylation sites is 1. The van der Waals surface area contributed by atoms with E-state index in [0.29, 0.717) is 11.5 Å². The Hall–Kier alpha value is -3.65. The van der Waals surface area contributed by atoms with Gasteiger partial charge >= 0.3 is 11.9 Å². The molecule has 33 heavy (non-hydrogen) atoms. The van der Waals surface area contributed by atoms with Crippen LogP contribution in [0.3, 0.4) is 0 Å². The summed E-state index contributed by atoms with van der Waals surface area (Å²) in [5.74, 6) is -4.38. The van der Waals surface area contributed by atoms with Crippen molar-refractivity contribution in [1.29, 1.82) is 0 Å². The summed E-state index contributed by atoms with van der Waals surface area (Å²) < 4.78 is 5.81. The molecule has 0 aliphatic heterocycles. The second kappa shape index (κ2) is 9.87. The molecular weight excluding hydrogens is 442 g/mol. The molecule has 1 fully saturated rings. The summed E-state index contributed by atoms with van der Waals surface area (Å²) in [7, 11) is 0. The van der Waals surface area contributed by atoms with Crippen molar-refractivity contribution >= 4 is 29.2 Å². The molecule has 1 saturated carbocycles. The van der Waals surface area contributed by atoms with Crippen LogP contribution in [0, 0.1) is 17.8 Å². The highest BCUT2D eigenvalue weighted by Gasteiger charge is 2.54. The first kappa shape index (κ1) is 22.5. The van der Waals surface area contributed by atoms with E-state index in [9.17, 15) is 24.6 Å². The van der Waals surface area contributed by atoms with E-state index in [2.05, 4.69) is 0 Å². The van der Waals surface area contributed by atoms with E-state index in [1.165, 1.54) is 11.3 Å². The second-order valence-corrected chi connectivity index (χ2v) is 9.02. The average Bonchev–Trinajstić information content (AvgIpc) is 3.27. The number of carboxylic acid groups (broad SMARTS) is 2. The van der Waals surface area contributed by atoms with Crippen LogP contribution in [0.25, 0.3) is 0 Å².